The lowest BCUT2D eigenvalue weighted by molar-refractivity contribution is -0.0469. The molecular formula is C12H21N3O2. The lowest BCUT2D eigenvalue weighted by Gasteiger charge is -2.24. The van der Waals surface area contributed by atoms with Gasteiger partial charge in [-0.3, -0.25) is 0 Å². The van der Waals surface area contributed by atoms with Crippen molar-refractivity contribution in [3.63, 3.8) is 0 Å². The van der Waals surface area contributed by atoms with E-state index in [0.29, 0.717) is 12.5 Å². The number of rotatable bonds is 6. The number of hydrogen-bond acceptors (Lipinski definition) is 5. The van der Waals surface area contributed by atoms with E-state index in [1.165, 1.54) is 12.8 Å². The monoisotopic (exact) mass is 239 g/mol. The molecule has 17 heavy (non-hydrogen) atoms. The van der Waals surface area contributed by atoms with Gasteiger partial charge in [0.25, 0.3) is 0 Å². The van der Waals surface area contributed by atoms with Crippen LogP contribution >= 0.6 is 0 Å². The van der Waals surface area contributed by atoms with Crippen LogP contribution in [0.1, 0.15) is 44.3 Å². The minimum atomic E-state index is -0.282. The summed E-state index contributed by atoms with van der Waals surface area (Å²) in [7, 11) is 1.91. The summed E-state index contributed by atoms with van der Waals surface area (Å²) in [5.41, 5.74) is -0.282. The highest BCUT2D eigenvalue weighted by molar-refractivity contribution is 5.04. The van der Waals surface area contributed by atoms with Gasteiger partial charge in [0.15, 0.2) is 0 Å². The molecule has 0 spiro atoms. The Morgan fingerprint density at radius 3 is 2.82 bits per heavy atom. The van der Waals surface area contributed by atoms with E-state index in [4.69, 9.17) is 9.26 Å². The molecule has 0 aliphatic heterocycles. The topological polar surface area (TPSA) is 60.2 Å². The van der Waals surface area contributed by atoms with Gasteiger partial charge < -0.3 is 14.6 Å². The molecule has 1 aliphatic carbocycles. The first-order valence-corrected chi connectivity index (χ1v) is 6.42. The van der Waals surface area contributed by atoms with Crippen LogP contribution in [0.25, 0.3) is 0 Å². The smallest absolute Gasteiger partial charge is 0.228 e. The van der Waals surface area contributed by atoms with Crippen LogP contribution in [0.15, 0.2) is 4.52 Å². The largest absolute Gasteiger partial charge is 0.367 e. The molecule has 1 heterocycles. The van der Waals surface area contributed by atoms with Crippen LogP contribution < -0.4 is 5.32 Å². The first-order chi connectivity index (χ1) is 8.30. The summed E-state index contributed by atoms with van der Waals surface area (Å²) in [6.45, 7) is 3.56. The molecule has 1 N–H and O–H groups in total. The Morgan fingerprint density at radius 1 is 1.41 bits per heavy atom. The number of likely N-dealkylation sites (N-methyl/N-ethyl adjacent to an activating group) is 1. The third kappa shape index (κ3) is 2.66. The number of nitrogens with one attached hydrogen (secondary N) is 1. The van der Waals surface area contributed by atoms with Gasteiger partial charge in [-0.2, -0.15) is 4.98 Å². The first kappa shape index (κ1) is 12.5. The van der Waals surface area contributed by atoms with Gasteiger partial charge in [0.2, 0.25) is 11.7 Å². The molecule has 2 rings (SSSR count). The Balaban J connectivity index is 2.10. The van der Waals surface area contributed by atoms with Crippen molar-refractivity contribution in [2.24, 2.45) is 0 Å². The average molecular weight is 239 g/mol. The van der Waals surface area contributed by atoms with Gasteiger partial charge in [-0.25, -0.2) is 0 Å². The SMILES string of the molecule is CCOC1(c2noc(CCNC)n2)CCCC1. The van der Waals surface area contributed by atoms with Crippen LogP contribution in [0.4, 0.5) is 0 Å². The Labute approximate surface area is 102 Å². The molecule has 0 radical (unpaired) electrons. The molecule has 0 amide bonds. The van der Waals surface area contributed by atoms with Gasteiger partial charge in [0, 0.05) is 19.6 Å². The van der Waals surface area contributed by atoms with E-state index in [0.717, 1.165) is 31.6 Å². The minimum Gasteiger partial charge on any atom is -0.367 e. The van der Waals surface area contributed by atoms with E-state index in [-0.39, 0.29) is 5.60 Å². The van der Waals surface area contributed by atoms with Crippen LogP contribution in [0.2, 0.25) is 0 Å². The molecule has 1 saturated carbocycles. The lowest BCUT2D eigenvalue weighted by Crippen LogP contribution is -2.27. The molecule has 5 heteroatoms. The van der Waals surface area contributed by atoms with Crippen molar-refractivity contribution in [3.8, 4) is 0 Å². The maximum absolute atomic E-state index is 5.89. The summed E-state index contributed by atoms with van der Waals surface area (Å²) < 4.78 is 11.2. The summed E-state index contributed by atoms with van der Waals surface area (Å²) in [6.07, 6.45) is 5.14. The number of aromatic nitrogens is 2. The van der Waals surface area contributed by atoms with Gasteiger partial charge in [0.05, 0.1) is 0 Å². The molecule has 0 aromatic carbocycles. The second-order valence-corrected chi connectivity index (χ2v) is 4.50. The third-order valence-electron chi connectivity index (χ3n) is 3.30. The molecule has 5 nitrogen and oxygen atoms in total. The average Bonchev–Trinajstić information content (AvgIpc) is 2.96. The lowest BCUT2D eigenvalue weighted by atomic mass is 10.0. The summed E-state index contributed by atoms with van der Waals surface area (Å²) in [5, 5.41) is 7.17. The normalized spacial score (nSPS) is 18.7. The first-order valence-electron chi connectivity index (χ1n) is 6.42. The molecule has 1 aromatic heterocycles. The summed E-state index contributed by atoms with van der Waals surface area (Å²) >= 11 is 0. The van der Waals surface area contributed by atoms with E-state index in [2.05, 4.69) is 15.5 Å². The molecular weight excluding hydrogens is 218 g/mol. The van der Waals surface area contributed by atoms with Crippen LogP contribution in [-0.4, -0.2) is 30.3 Å². The highest BCUT2D eigenvalue weighted by atomic mass is 16.5. The minimum absolute atomic E-state index is 0.282. The fourth-order valence-electron chi connectivity index (χ4n) is 2.43. The predicted octanol–water partition coefficient (Wildman–Crippen LogP) is 1.64. The highest BCUT2D eigenvalue weighted by Gasteiger charge is 2.40. The second-order valence-electron chi connectivity index (χ2n) is 4.50. The summed E-state index contributed by atoms with van der Waals surface area (Å²) in [6, 6.07) is 0. The Morgan fingerprint density at radius 2 is 2.18 bits per heavy atom. The maximum atomic E-state index is 5.89. The quantitative estimate of drug-likeness (QED) is 0.817. The predicted molar refractivity (Wildman–Crippen MR) is 63.7 cm³/mol. The van der Waals surface area contributed by atoms with Crippen molar-refractivity contribution in [1.29, 1.82) is 0 Å². The van der Waals surface area contributed by atoms with Gasteiger partial charge in [-0.1, -0.05) is 5.16 Å². The fraction of sp³-hybridized carbons (Fsp3) is 0.833. The van der Waals surface area contributed by atoms with Crippen LogP contribution in [0.3, 0.4) is 0 Å². The summed E-state index contributed by atoms with van der Waals surface area (Å²) in [4.78, 5) is 4.48. The Kier molecular flexibility index (Phi) is 4.12. The van der Waals surface area contributed by atoms with Gasteiger partial charge in [-0.15, -0.1) is 0 Å². The van der Waals surface area contributed by atoms with Crippen molar-refractivity contribution in [1.82, 2.24) is 15.5 Å². The van der Waals surface area contributed by atoms with E-state index in [9.17, 15) is 0 Å². The van der Waals surface area contributed by atoms with Crippen LogP contribution in [0.5, 0.6) is 0 Å². The third-order valence-corrected chi connectivity index (χ3v) is 3.30. The van der Waals surface area contributed by atoms with Crippen LogP contribution in [0, 0.1) is 0 Å². The van der Waals surface area contributed by atoms with Gasteiger partial charge in [-0.05, 0) is 39.7 Å². The van der Waals surface area contributed by atoms with Crippen molar-refractivity contribution in [3.05, 3.63) is 11.7 Å². The van der Waals surface area contributed by atoms with E-state index in [1.807, 2.05) is 14.0 Å². The number of hydrogen-bond donors (Lipinski definition) is 1. The molecule has 0 bridgehead atoms. The Bertz CT molecular complexity index is 345. The van der Waals surface area contributed by atoms with Crippen LogP contribution in [-0.2, 0) is 16.8 Å². The molecule has 0 unspecified atom stereocenters. The standard InChI is InChI=1S/C12H21N3O2/c1-3-16-12(7-4-5-8-12)11-14-10(17-15-11)6-9-13-2/h13H,3-9H2,1-2H3. The van der Waals surface area contributed by atoms with Crippen molar-refractivity contribution in [2.75, 3.05) is 20.2 Å². The van der Waals surface area contributed by atoms with Crippen molar-refractivity contribution >= 4 is 0 Å². The zero-order chi connectivity index (χ0) is 12.1. The van der Waals surface area contributed by atoms with E-state index >= 15 is 0 Å². The van der Waals surface area contributed by atoms with Gasteiger partial charge in [0.1, 0.15) is 5.60 Å². The van der Waals surface area contributed by atoms with Gasteiger partial charge >= 0.3 is 0 Å². The molecule has 1 aromatic rings. The number of nitrogens with zero attached hydrogens (tertiary/aromatic N) is 2. The molecule has 1 aliphatic rings. The maximum Gasteiger partial charge on any atom is 0.228 e. The summed E-state index contributed by atoms with van der Waals surface area (Å²) in [5.74, 6) is 1.43. The number of ether oxygens (including phenoxy) is 1. The second kappa shape index (κ2) is 5.60. The fourth-order valence-corrected chi connectivity index (χ4v) is 2.43. The zero-order valence-corrected chi connectivity index (χ0v) is 10.7. The van der Waals surface area contributed by atoms with E-state index in [1.54, 1.807) is 0 Å². The highest BCUT2D eigenvalue weighted by Crippen LogP contribution is 2.40. The molecule has 0 saturated heterocycles. The Hall–Kier alpha value is -0.940. The van der Waals surface area contributed by atoms with E-state index < -0.39 is 0 Å². The molecule has 96 valence electrons. The van der Waals surface area contributed by atoms with Crippen molar-refractivity contribution in [2.45, 2.75) is 44.6 Å². The van der Waals surface area contributed by atoms with Crippen molar-refractivity contribution < 1.29 is 9.26 Å². The molecule has 1 fully saturated rings. The molecule has 0 atom stereocenters. The zero-order valence-electron chi connectivity index (χ0n) is 10.7.